The van der Waals surface area contributed by atoms with Gasteiger partial charge in [-0.25, -0.2) is 0 Å². The lowest BCUT2D eigenvalue weighted by Gasteiger charge is -2.21. The van der Waals surface area contributed by atoms with E-state index in [4.69, 9.17) is 10.5 Å². The molecule has 6 nitrogen and oxygen atoms in total. The third-order valence-corrected chi connectivity index (χ3v) is 2.81. The summed E-state index contributed by atoms with van der Waals surface area (Å²) in [6.45, 7) is 0.831. The fraction of sp³-hybridized carbons (Fsp3) is 0.429. The maximum absolute atomic E-state index is 12.1. The number of likely N-dealkylation sites (N-methyl/N-ethyl adjacent to an activating group) is 1. The third kappa shape index (κ3) is 4.99. The van der Waals surface area contributed by atoms with Gasteiger partial charge >= 0.3 is 0 Å². The van der Waals surface area contributed by atoms with Crippen molar-refractivity contribution >= 4 is 11.8 Å². The second-order valence-corrected chi connectivity index (χ2v) is 4.43. The Labute approximate surface area is 118 Å². The van der Waals surface area contributed by atoms with Gasteiger partial charge in [0, 0.05) is 20.7 Å². The van der Waals surface area contributed by atoms with Crippen LogP contribution in [0.2, 0.25) is 0 Å². The first-order chi connectivity index (χ1) is 9.56. The van der Waals surface area contributed by atoms with Crippen LogP contribution in [0.5, 0.6) is 0 Å². The number of nitrogens with zero attached hydrogens (tertiary/aromatic N) is 1. The van der Waals surface area contributed by atoms with Gasteiger partial charge in [-0.3, -0.25) is 9.59 Å². The van der Waals surface area contributed by atoms with Crippen molar-refractivity contribution in [3.8, 4) is 0 Å². The lowest BCUT2D eigenvalue weighted by molar-refractivity contribution is -0.135. The Hall–Kier alpha value is -1.92. The molecule has 1 rings (SSSR count). The van der Waals surface area contributed by atoms with E-state index in [1.165, 1.54) is 4.90 Å². The highest BCUT2D eigenvalue weighted by atomic mass is 16.5. The molecule has 0 saturated heterocycles. The zero-order valence-electron chi connectivity index (χ0n) is 11.8. The molecular weight excluding hydrogens is 258 g/mol. The van der Waals surface area contributed by atoms with Crippen LogP contribution in [0.4, 0.5) is 0 Å². The lowest BCUT2D eigenvalue weighted by Crippen LogP contribution is -2.42. The second-order valence-electron chi connectivity index (χ2n) is 4.43. The molecule has 0 radical (unpaired) electrons. The Morgan fingerprint density at radius 2 is 2.00 bits per heavy atom. The molecule has 1 aromatic carbocycles. The summed E-state index contributed by atoms with van der Waals surface area (Å²) in [7, 11) is 3.11. The van der Waals surface area contributed by atoms with E-state index < -0.39 is 6.04 Å². The molecule has 0 aliphatic rings. The molecule has 20 heavy (non-hydrogen) atoms. The third-order valence-electron chi connectivity index (χ3n) is 2.81. The minimum absolute atomic E-state index is 0.0247. The molecule has 2 amide bonds. The Balaban J connectivity index is 2.48. The summed E-state index contributed by atoms with van der Waals surface area (Å²) in [6.07, 6.45) is 0. The number of ether oxygens (including phenoxy) is 1. The molecule has 0 heterocycles. The van der Waals surface area contributed by atoms with Crippen molar-refractivity contribution < 1.29 is 14.3 Å². The van der Waals surface area contributed by atoms with Gasteiger partial charge in [0.2, 0.25) is 11.8 Å². The predicted molar refractivity (Wildman–Crippen MR) is 75.9 cm³/mol. The maximum Gasteiger partial charge on any atom is 0.244 e. The van der Waals surface area contributed by atoms with Crippen molar-refractivity contribution in [3.05, 3.63) is 35.9 Å². The van der Waals surface area contributed by atoms with Crippen LogP contribution in [0.25, 0.3) is 0 Å². The quantitative estimate of drug-likeness (QED) is 0.683. The van der Waals surface area contributed by atoms with Gasteiger partial charge in [-0.15, -0.1) is 0 Å². The van der Waals surface area contributed by atoms with Crippen molar-refractivity contribution in [1.29, 1.82) is 0 Å². The summed E-state index contributed by atoms with van der Waals surface area (Å²) in [5, 5.41) is 2.65. The topological polar surface area (TPSA) is 84.7 Å². The molecule has 3 N–H and O–H groups in total. The van der Waals surface area contributed by atoms with E-state index in [2.05, 4.69) is 5.32 Å². The summed E-state index contributed by atoms with van der Waals surface area (Å²) < 4.78 is 4.83. The Kier molecular flexibility index (Phi) is 6.69. The highest BCUT2D eigenvalue weighted by molar-refractivity contribution is 5.87. The van der Waals surface area contributed by atoms with Crippen molar-refractivity contribution in [1.82, 2.24) is 10.2 Å². The molecule has 0 aromatic heterocycles. The summed E-state index contributed by atoms with van der Waals surface area (Å²) >= 11 is 0. The molecule has 0 saturated carbocycles. The molecule has 0 aliphatic carbocycles. The zero-order valence-corrected chi connectivity index (χ0v) is 11.8. The van der Waals surface area contributed by atoms with E-state index >= 15 is 0 Å². The molecule has 110 valence electrons. The maximum atomic E-state index is 12.1. The fourth-order valence-electron chi connectivity index (χ4n) is 1.68. The summed E-state index contributed by atoms with van der Waals surface area (Å²) in [5.74, 6) is -0.531. The van der Waals surface area contributed by atoms with Crippen LogP contribution in [-0.4, -0.2) is 50.6 Å². The fourth-order valence-corrected chi connectivity index (χ4v) is 1.68. The predicted octanol–water partition coefficient (Wildman–Crippen LogP) is -0.0926. The molecular formula is C14H21N3O3. The molecule has 0 fully saturated rings. The second kappa shape index (κ2) is 8.29. The Morgan fingerprint density at radius 1 is 1.35 bits per heavy atom. The number of amides is 2. The largest absolute Gasteiger partial charge is 0.383 e. The molecule has 1 unspecified atom stereocenters. The van der Waals surface area contributed by atoms with Gasteiger partial charge in [-0.1, -0.05) is 30.3 Å². The highest BCUT2D eigenvalue weighted by Gasteiger charge is 2.21. The first-order valence-electron chi connectivity index (χ1n) is 6.37. The van der Waals surface area contributed by atoms with Gasteiger partial charge in [-0.05, 0) is 5.56 Å². The van der Waals surface area contributed by atoms with Gasteiger partial charge in [0.15, 0.2) is 0 Å². The highest BCUT2D eigenvalue weighted by Crippen LogP contribution is 2.11. The van der Waals surface area contributed by atoms with Gasteiger partial charge in [-0.2, -0.15) is 0 Å². The first kappa shape index (κ1) is 16.1. The number of hydrogen-bond donors (Lipinski definition) is 2. The summed E-state index contributed by atoms with van der Waals surface area (Å²) in [4.78, 5) is 25.0. The monoisotopic (exact) mass is 279 g/mol. The van der Waals surface area contributed by atoms with Crippen LogP contribution in [0.3, 0.4) is 0 Å². The number of nitrogens with two attached hydrogens (primary N) is 1. The Morgan fingerprint density at radius 3 is 2.60 bits per heavy atom. The smallest absolute Gasteiger partial charge is 0.244 e. The summed E-state index contributed by atoms with van der Waals surface area (Å²) in [6, 6.07) is 8.31. The van der Waals surface area contributed by atoms with Crippen LogP contribution >= 0.6 is 0 Å². The normalized spacial score (nSPS) is 11.8. The number of benzene rings is 1. The van der Waals surface area contributed by atoms with Gasteiger partial charge in [0.25, 0.3) is 0 Å². The van der Waals surface area contributed by atoms with E-state index in [0.717, 1.165) is 5.56 Å². The van der Waals surface area contributed by atoms with Crippen LogP contribution in [0, 0.1) is 0 Å². The van der Waals surface area contributed by atoms with E-state index in [1.54, 1.807) is 26.3 Å². The van der Waals surface area contributed by atoms with Crippen LogP contribution < -0.4 is 11.1 Å². The minimum atomic E-state index is -0.757. The van der Waals surface area contributed by atoms with Crippen molar-refractivity contribution in [2.45, 2.75) is 6.04 Å². The van der Waals surface area contributed by atoms with Crippen LogP contribution in [0.15, 0.2) is 30.3 Å². The van der Waals surface area contributed by atoms with Crippen molar-refractivity contribution in [3.63, 3.8) is 0 Å². The van der Waals surface area contributed by atoms with E-state index in [-0.39, 0.29) is 18.4 Å². The van der Waals surface area contributed by atoms with Gasteiger partial charge < -0.3 is 20.7 Å². The number of hydrogen-bond acceptors (Lipinski definition) is 4. The van der Waals surface area contributed by atoms with E-state index in [9.17, 15) is 9.59 Å². The van der Waals surface area contributed by atoms with Crippen LogP contribution in [-0.2, 0) is 14.3 Å². The first-order valence-corrected chi connectivity index (χ1v) is 6.37. The molecule has 1 aromatic rings. The van der Waals surface area contributed by atoms with Gasteiger partial charge in [0.05, 0.1) is 13.2 Å². The zero-order chi connectivity index (χ0) is 15.0. The summed E-state index contributed by atoms with van der Waals surface area (Å²) in [5.41, 5.74) is 6.62. The van der Waals surface area contributed by atoms with Crippen molar-refractivity contribution in [2.24, 2.45) is 5.73 Å². The molecule has 0 spiro atoms. The average molecular weight is 279 g/mol. The SMILES string of the molecule is COCCNC(=O)CN(C)C(=O)C(N)c1ccccc1. The molecule has 6 heteroatoms. The minimum Gasteiger partial charge on any atom is -0.383 e. The average Bonchev–Trinajstić information content (AvgIpc) is 2.46. The number of rotatable bonds is 7. The number of nitrogens with one attached hydrogen (secondary N) is 1. The number of carbonyl (C=O) groups excluding carboxylic acids is 2. The molecule has 1 atom stereocenters. The standard InChI is InChI=1S/C14H21N3O3/c1-17(10-12(18)16-8-9-20-2)14(19)13(15)11-6-4-3-5-7-11/h3-7,13H,8-10,15H2,1-2H3,(H,16,18). The van der Waals surface area contributed by atoms with Gasteiger partial charge in [0.1, 0.15) is 6.04 Å². The Bertz CT molecular complexity index is 437. The van der Waals surface area contributed by atoms with Crippen molar-refractivity contribution in [2.75, 3.05) is 33.9 Å². The van der Waals surface area contributed by atoms with E-state index in [0.29, 0.717) is 13.2 Å². The van der Waals surface area contributed by atoms with Crippen LogP contribution in [0.1, 0.15) is 11.6 Å². The number of carbonyl (C=O) groups is 2. The lowest BCUT2D eigenvalue weighted by atomic mass is 10.1. The van der Waals surface area contributed by atoms with E-state index in [1.807, 2.05) is 18.2 Å². The molecule has 0 bridgehead atoms. The number of methoxy groups -OCH3 is 1. The molecule has 0 aliphatic heterocycles.